The van der Waals surface area contributed by atoms with Gasteiger partial charge in [0.15, 0.2) is 0 Å². The predicted octanol–water partition coefficient (Wildman–Crippen LogP) is -0.485. The molecule has 2 rings (SSSR count). The lowest BCUT2D eigenvalue weighted by Crippen LogP contribution is -2.60. The highest BCUT2D eigenvalue weighted by Crippen LogP contribution is 2.25. The maximum absolute atomic E-state index is 11.6. The minimum Gasteiger partial charge on any atom is -0.337 e. The van der Waals surface area contributed by atoms with E-state index < -0.39 is 0 Å². The predicted molar refractivity (Wildman–Crippen MR) is 50.2 cm³/mol. The Morgan fingerprint density at radius 1 is 1.54 bits per heavy atom. The lowest BCUT2D eigenvalue weighted by Gasteiger charge is -2.39. The number of piperazine rings is 1. The van der Waals surface area contributed by atoms with Crippen molar-refractivity contribution in [1.82, 2.24) is 15.5 Å². The molecule has 13 heavy (non-hydrogen) atoms. The number of carbonyl (C=O) groups is 1. The molecule has 0 radical (unpaired) electrons. The quantitative estimate of drug-likeness (QED) is 0.533. The van der Waals surface area contributed by atoms with Gasteiger partial charge in [0, 0.05) is 19.1 Å². The van der Waals surface area contributed by atoms with Crippen molar-refractivity contribution in [2.45, 2.75) is 38.5 Å². The third-order valence-electron chi connectivity index (χ3n) is 3.04. The van der Waals surface area contributed by atoms with E-state index in [-0.39, 0.29) is 23.7 Å². The molecule has 0 aromatic rings. The molecule has 1 amide bonds. The van der Waals surface area contributed by atoms with Crippen LogP contribution in [0.15, 0.2) is 0 Å². The molecular weight excluding hydrogens is 166 g/mol. The van der Waals surface area contributed by atoms with E-state index in [2.05, 4.69) is 36.3 Å². The summed E-state index contributed by atoms with van der Waals surface area (Å²) in [5, 5.41) is 6.33. The largest absolute Gasteiger partial charge is 0.337 e. The molecule has 2 aliphatic heterocycles. The van der Waals surface area contributed by atoms with Gasteiger partial charge < -0.3 is 10.6 Å². The first-order valence-corrected chi connectivity index (χ1v) is 4.84. The summed E-state index contributed by atoms with van der Waals surface area (Å²) in [5.74, 6) is 0.157. The second-order valence-corrected chi connectivity index (χ2v) is 4.43. The van der Waals surface area contributed by atoms with Crippen LogP contribution in [-0.4, -0.2) is 41.6 Å². The van der Waals surface area contributed by atoms with Crippen molar-refractivity contribution >= 4 is 5.91 Å². The Bertz CT molecular complexity index is 239. The van der Waals surface area contributed by atoms with E-state index in [0.717, 1.165) is 13.1 Å². The first-order chi connectivity index (χ1) is 6.02. The molecule has 2 fully saturated rings. The van der Waals surface area contributed by atoms with Crippen LogP contribution in [0.1, 0.15) is 20.8 Å². The number of amides is 1. The van der Waals surface area contributed by atoms with E-state index in [1.165, 1.54) is 0 Å². The van der Waals surface area contributed by atoms with E-state index in [4.69, 9.17) is 0 Å². The lowest BCUT2D eigenvalue weighted by molar-refractivity contribution is -0.122. The summed E-state index contributed by atoms with van der Waals surface area (Å²) >= 11 is 0. The van der Waals surface area contributed by atoms with Crippen molar-refractivity contribution in [3.05, 3.63) is 0 Å². The third-order valence-corrected chi connectivity index (χ3v) is 3.04. The SMILES string of the molecule is CC1NCCN2C1C(=O)NC2(C)C. The standard InChI is InChI=1S/C9H17N3O/c1-6-7-8(13)11-9(2,3)12(7)5-4-10-6/h6-7,10H,4-5H2,1-3H3,(H,11,13). The summed E-state index contributed by atoms with van der Waals surface area (Å²) < 4.78 is 0. The number of rotatable bonds is 0. The summed E-state index contributed by atoms with van der Waals surface area (Å²) in [6.07, 6.45) is 0. The van der Waals surface area contributed by atoms with Gasteiger partial charge in [0.05, 0.1) is 5.66 Å². The van der Waals surface area contributed by atoms with Crippen molar-refractivity contribution in [2.75, 3.05) is 13.1 Å². The zero-order valence-electron chi connectivity index (χ0n) is 8.42. The van der Waals surface area contributed by atoms with Gasteiger partial charge in [0.2, 0.25) is 5.91 Å². The van der Waals surface area contributed by atoms with Crippen LogP contribution in [0.2, 0.25) is 0 Å². The van der Waals surface area contributed by atoms with E-state index >= 15 is 0 Å². The van der Waals surface area contributed by atoms with Crippen molar-refractivity contribution in [3.8, 4) is 0 Å². The molecule has 2 unspecified atom stereocenters. The van der Waals surface area contributed by atoms with Crippen LogP contribution in [0.5, 0.6) is 0 Å². The molecule has 0 saturated carbocycles. The molecule has 4 heteroatoms. The van der Waals surface area contributed by atoms with Crippen molar-refractivity contribution in [3.63, 3.8) is 0 Å². The highest BCUT2D eigenvalue weighted by Gasteiger charge is 2.48. The topological polar surface area (TPSA) is 44.4 Å². The fourth-order valence-electron chi connectivity index (χ4n) is 2.38. The molecule has 0 bridgehead atoms. The van der Waals surface area contributed by atoms with E-state index in [0.29, 0.717) is 0 Å². The van der Waals surface area contributed by atoms with Crippen LogP contribution in [0.4, 0.5) is 0 Å². The van der Waals surface area contributed by atoms with Gasteiger partial charge in [-0.05, 0) is 20.8 Å². The minimum absolute atomic E-state index is 0.0174. The average molecular weight is 183 g/mol. The van der Waals surface area contributed by atoms with Gasteiger partial charge >= 0.3 is 0 Å². The van der Waals surface area contributed by atoms with Crippen LogP contribution < -0.4 is 10.6 Å². The van der Waals surface area contributed by atoms with Gasteiger partial charge in [-0.15, -0.1) is 0 Å². The first-order valence-electron chi connectivity index (χ1n) is 4.84. The van der Waals surface area contributed by atoms with Gasteiger partial charge in [-0.25, -0.2) is 0 Å². The second-order valence-electron chi connectivity index (χ2n) is 4.43. The Labute approximate surface area is 78.7 Å². The average Bonchev–Trinajstić information content (AvgIpc) is 2.24. The van der Waals surface area contributed by atoms with Gasteiger partial charge in [-0.2, -0.15) is 0 Å². The van der Waals surface area contributed by atoms with E-state index in [1.807, 2.05) is 0 Å². The monoisotopic (exact) mass is 183 g/mol. The summed E-state index contributed by atoms with van der Waals surface area (Å²) in [6.45, 7) is 8.10. The Morgan fingerprint density at radius 2 is 2.23 bits per heavy atom. The van der Waals surface area contributed by atoms with E-state index in [9.17, 15) is 4.79 Å². The molecule has 4 nitrogen and oxygen atoms in total. The zero-order chi connectivity index (χ0) is 9.64. The highest BCUT2D eigenvalue weighted by atomic mass is 16.2. The van der Waals surface area contributed by atoms with Gasteiger partial charge in [0.1, 0.15) is 6.04 Å². The normalized spacial score (nSPS) is 38.5. The number of hydrogen-bond donors (Lipinski definition) is 2. The number of fused-ring (bicyclic) bond motifs is 1. The molecule has 2 N–H and O–H groups in total. The Hall–Kier alpha value is -0.610. The van der Waals surface area contributed by atoms with Crippen molar-refractivity contribution < 1.29 is 4.79 Å². The molecular formula is C9H17N3O. The Kier molecular flexibility index (Phi) is 1.85. The van der Waals surface area contributed by atoms with Gasteiger partial charge in [-0.3, -0.25) is 9.69 Å². The Balaban J connectivity index is 2.26. The number of nitrogens with zero attached hydrogens (tertiary/aromatic N) is 1. The fraction of sp³-hybridized carbons (Fsp3) is 0.889. The van der Waals surface area contributed by atoms with Crippen LogP contribution in [0.3, 0.4) is 0 Å². The number of nitrogens with one attached hydrogen (secondary N) is 2. The van der Waals surface area contributed by atoms with Crippen LogP contribution in [-0.2, 0) is 4.79 Å². The summed E-state index contributed by atoms with van der Waals surface area (Å²) in [6, 6.07) is 0.277. The molecule has 0 aromatic carbocycles. The number of carbonyl (C=O) groups excluding carboxylic acids is 1. The minimum atomic E-state index is -0.169. The van der Waals surface area contributed by atoms with Crippen LogP contribution >= 0.6 is 0 Å². The molecule has 2 saturated heterocycles. The Morgan fingerprint density at radius 3 is 2.85 bits per heavy atom. The maximum Gasteiger partial charge on any atom is 0.240 e. The number of hydrogen-bond acceptors (Lipinski definition) is 3. The zero-order valence-corrected chi connectivity index (χ0v) is 8.42. The molecule has 2 heterocycles. The smallest absolute Gasteiger partial charge is 0.240 e. The molecule has 0 aromatic heterocycles. The van der Waals surface area contributed by atoms with E-state index in [1.54, 1.807) is 0 Å². The molecule has 2 aliphatic rings. The molecule has 0 spiro atoms. The fourth-order valence-corrected chi connectivity index (χ4v) is 2.38. The molecule has 0 aliphatic carbocycles. The highest BCUT2D eigenvalue weighted by molar-refractivity contribution is 5.85. The first kappa shape index (κ1) is 8.97. The van der Waals surface area contributed by atoms with Crippen molar-refractivity contribution in [2.24, 2.45) is 0 Å². The summed E-state index contributed by atoms with van der Waals surface area (Å²) in [4.78, 5) is 13.9. The van der Waals surface area contributed by atoms with Gasteiger partial charge in [0.25, 0.3) is 0 Å². The molecule has 2 atom stereocenters. The third kappa shape index (κ3) is 1.25. The van der Waals surface area contributed by atoms with Gasteiger partial charge in [-0.1, -0.05) is 0 Å². The lowest BCUT2D eigenvalue weighted by atomic mass is 10.1. The maximum atomic E-state index is 11.6. The van der Waals surface area contributed by atoms with Crippen molar-refractivity contribution in [1.29, 1.82) is 0 Å². The van der Waals surface area contributed by atoms with Crippen LogP contribution in [0, 0.1) is 0 Å². The summed E-state index contributed by atoms with van der Waals surface area (Å²) in [5.41, 5.74) is -0.169. The second kappa shape index (κ2) is 2.69. The molecule has 74 valence electrons. The van der Waals surface area contributed by atoms with Crippen LogP contribution in [0.25, 0.3) is 0 Å². The summed E-state index contributed by atoms with van der Waals surface area (Å²) in [7, 11) is 0.